The number of nitrogens with one attached hydrogen (secondary N) is 1. The maximum absolute atomic E-state index is 12.9. The molecule has 0 spiro atoms. The van der Waals surface area contributed by atoms with E-state index in [9.17, 15) is 18.0 Å². The Morgan fingerprint density at radius 3 is 2.65 bits per heavy atom. The van der Waals surface area contributed by atoms with E-state index in [1.807, 2.05) is 0 Å². The molecule has 1 N–H and O–H groups in total. The topological polar surface area (TPSA) is 67.4 Å². The predicted octanol–water partition coefficient (Wildman–Crippen LogP) is 2.32. The van der Waals surface area contributed by atoms with Crippen molar-refractivity contribution in [3.8, 4) is 0 Å². The molecule has 1 aromatic heterocycles. The number of rotatable bonds is 4. The zero-order valence-electron chi connectivity index (χ0n) is 14.7. The van der Waals surface area contributed by atoms with E-state index in [0.717, 1.165) is 25.5 Å². The second-order valence-electron chi connectivity index (χ2n) is 6.80. The quantitative estimate of drug-likeness (QED) is 0.879. The Morgan fingerprint density at radius 1 is 1.31 bits per heavy atom. The third kappa shape index (κ3) is 4.63. The number of nitrogens with zero attached hydrogens (tertiary/aromatic N) is 3. The minimum atomic E-state index is -4.50. The average molecular weight is 372 g/mol. The monoisotopic (exact) mass is 372 g/mol. The van der Waals surface area contributed by atoms with Crippen molar-refractivity contribution >= 4 is 11.7 Å². The molecule has 26 heavy (non-hydrogen) atoms. The molecule has 0 saturated carbocycles. The minimum Gasteiger partial charge on any atom is -0.376 e. The zero-order valence-corrected chi connectivity index (χ0v) is 14.7. The lowest BCUT2D eigenvalue weighted by Crippen LogP contribution is -2.42. The van der Waals surface area contributed by atoms with Gasteiger partial charge in [0.1, 0.15) is 17.3 Å². The van der Waals surface area contributed by atoms with Crippen LogP contribution in [0.4, 0.5) is 19.0 Å². The van der Waals surface area contributed by atoms with Gasteiger partial charge in [-0.1, -0.05) is 0 Å². The second-order valence-corrected chi connectivity index (χ2v) is 6.80. The number of halogens is 3. The number of carbonyl (C=O) groups excluding carboxylic acids is 1. The van der Waals surface area contributed by atoms with Crippen molar-refractivity contribution in [2.24, 2.45) is 5.92 Å². The molecule has 0 unspecified atom stereocenters. The van der Waals surface area contributed by atoms with Crippen molar-refractivity contribution < 1.29 is 22.7 Å². The van der Waals surface area contributed by atoms with Gasteiger partial charge < -0.3 is 15.0 Å². The summed E-state index contributed by atoms with van der Waals surface area (Å²) in [5, 5.41) is 2.93. The number of carbonyl (C=O) groups is 1. The summed E-state index contributed by atoms with van der Waals surface area (Å²) in [6.07, 6.45) is -1.24. The Balaban J connectivity index is 1.54. The van der Waals surface area contributed by atoms with Crippen LogP contribution in [-0.2, 0) is 15.7 Å². The van der Waals surface area contributed by atoms with Gasteiger partial charge in [-0.2, -0.15) is 13.2 Å². The number of anilines is 1. The highest BCUT2D eigenvalue weighted by molar-refractivity contribution is 5.79. The van der Waals surface area contributed by atoms with E-state index < -0.39 is 11.9 Å². The van der Waals surface area contributed by atoms with Crippen molar-refractivity contribution in [1.82, 2.24) is 15.3 Å². The molecule has 0 bridgehead atoms. The highest BCUT2D eigenvalue weighted by Gasteiger charge is 2.34. The number of aromatic nitrogens is 2. The summed E-state index contributed by atoms with van der Waals surface area (Å²) in [6, 6.07) is 0.977. The van der Waals surface area contributed by atoms with Crippen LogP contribution in [-0.4, -0.2) is 48.2 Å². The first-order valence-corrected chi connectivity index (χ1v) is 8.90. The minimum absolute atomic E-state index is 0.00463. The van der Waals surface area contributed by atoms with E-state index in [1.165, 1.54) is 6.92 Å². The van der Waals surface area contributed by atoms with Gasteiger partial charge in [-0.05, 0) is 32.6 Å². The van der Waals surface area contributed by atoms with Gasteiger partial charge in [0, 0.05) is 38.2 Å². The summed E-state index contributed by atoms with van der Waals surface area (Å²) in [6.45, 7) is 3.71. The Morgan fingerprint density at radius 2 is 2.04 bits per heavy atom. The number of amides is 1. The van der Waals surface area contributed by atoms with Crippen molar-refractivity contribution in [3.63, 3.8) is 0 Å². The maximum Gasteiger partial charge on any atom is 0.433 e. The van der Waals surface area contributed by atoms with Crippen LogP contribution >= 0.6 is 0 Å². The molecule has 3 rings (SSSR count). The fourth-order valence-corrected chi connectivity index (χ4v) is 3.39. The third-order valence-electron chi connectivity index (χ3n) is 4.83. The summed E-state index contributed by atoms with van der Waals surface area (Å²) >= 11 is 0. The van der Waals surface area contributed by atoms with Crippen molar-refractivity contribution in [3.05, 3.63) is 17.6 Å². The number of ether oxygens (including phenoxy) is 1. The van der Waals surface area contributed by atoms with Crippen LogP contribution in [0.15, 0.2) is 6.07 Å². The van der Waals surface area contributed by atoms with Crippen LogP contribution < -0.4 is 10.2 Å². The standard InChI is InChI=1S/C17H23F3N4O2/c1-11-22-14(17(18,19)20)9-15(23-11)24-6-4-12(5-7-24)16(25)21-10-13-3-2-8-26-13/h9,12-13H,2-8,10H2,1H3,(H,21,25)/t13-/m1/s1. The normalized spacial score (nSPS) is 21.8. The zero-order chi connectivity index (χ0) is 18.7. The molecule has 1 amide bonds. The van der Waals surface area contributed by atoms with Gasteiger partial charge >= 0.3 is 6.18 Å². The Labute approximate surface area is 150 Å². The first kappa shape index (κ1) is 18.9. The Hall–Kier alpha value is -1.90. The first-order valence-electron chi connectivity index (χ1n) is 8.90. The van der Waals surface area contributed by atoms with E-state index in [0.29, 0.717) is 32.5 Å². The Bertz CT molecular complexity index is 639. The summed E-state index contributed by atoms with van der Waals surface area (Å²) in [7, 11) is 0. The van der Waals surface area contributed by atoms with Gasteiger partial charge in [-0.25, -0.2) is 9.97 Å². The molecule has 2 fully saturated rings. The number of piperidine rings is 1. The molecule has 2 saturated heterocycles. The average Bonchev–Trinajstić information content (AvgIpc) is 3.12. The van der Waals surface area contributed by atoms with Crippen LogP contribution in [0.1, 0.15) is 37.2 Å². The first-order chi connectivity index (χ1) is 12.3. The molecule has 6 nitrogen and oxygen atoms in total. The molecular formula is C17H23F3N4O2. The van der Waals surface area contributed by atoms with Crippen LogP contribution in [0.3, 0.4) is 0 Å². The predicted molar refractivity (Wildman–Crippen MR) is 88.7 cm³/mol. The summed E-state index contributed by atoms with van der Waals surface area (Å²) in [5.74, 6) is 0.224. The molecule has 2 aliphatic rings. The van der Waals surface area contributed by atoms with Crippen molar-refractivity contribution in [2.45, 2.75) is 44.9 Å². The van der Waals surface area contributed by atoms with E-state index in [1.54, 1.807) is 4.90 Å². The maximum atomic E-state index is 12.9. The molecule has 3 heterocycles. The lowest BCUT2D eigenvalue weighted by Gasteiger charge is -2.32. The number of hydrogen-bond acceptors (Lipinski definition) is 5. The fraction of sp³-hybridized carbons (Fsp3) is 0.706. The fourth-order valence-electron chi connectivity index (χ4n) is 3.39. The van der Waals surface area contributed by atoms with E-state index >= 15 is 0 Å². The van der Waals surface area contributed by atoms with E-state index in [4.69, 9.17) is 4.74 Å². The lowest BCUT2D eigenvalue weighted by atomic mass is 9.95. The second kappa shape index (κ2) is 7.77. The molecule has 0 radical (unpaired) electrons. The Kier molecular flexibility index (Phi) is 5.64. The highest BCUT2D eigenvalue weighted by atomic mass is 19.4. The molecule has 2 aliphatic heterocycles. The van der Waals surface area contributed by atoms with Gasteiger partial charge in [-0.3, -0.25) is 4.79 Å². The van der Waals surface area contributed by atoms with E-state index in [2.05, 4.69) is 15.3 Å². The summed E-state index contributed by atoms with van der Waals surface area (Å²) in [5.41, 5.74) is -0.934. The molecule has 0 aromatic carbocycles. The van der Waals surface area contributed by atoms with Gasteiger partial charge in [0.15, 0.2) is 0 Å². The van der Waals surface area contributed by atoms with Gasteiger partial charge in [0.25, 0.3) is 0 Å². The van der Waals surface area contributed by atoms with Crippen LogP contribution in [0, 0.1) is 12.8 Å². The molecule has 1 aromatic rings. The third-order valence-corrected chi connectivity index (χ3v) is 4.83. The van der Waals surface area contributed by atoms with Crippen LogP contribution in [0.5, 0.6) is 0 Å². The molecule has 144 valence electrons. The largest absolute Gasteiger partial charge is 0.433 e. The van der Waals surface area contributed by atoms with Gasteiger partial charge in [0.2, 0.25) is 5.91 Å². The summed E-state index contributed by atoms with van der Waals surface area (Å²) < 4.78 is 44.3. The van der Waals surface area contributed by atoms with Gasteiger partial charge in [0.05, 0.1) is 6.10 Å². The number of alkyl halides is 3. The lowest BCUT2D eigenvalue weighted by molar-refractivity contribution is -0.141. The molecular weight excluding hydrogens is 349 g/mol. The smallest absolute Gasteiger partial charge is 0.376 e. The molecule has 0 aliphatic carbocycles. The SMILES string of the molecule is Cc1nc(N2CCC(C(=O)NC[C@H]3CCCO3)CC2)cc(C(F)(F)F)n1. The molecule has 1 atom stereocenters. The van der Waals surface area contributed by atoms with Gasteiger partial charge in [-0.15, -0.1) is 0 Å². The molecule has 9 heteroatoms. The number of hydrogen-bond donors (Lipinski definition) is 1. The van der Waals surface area contributed by atoms with E-state index in [-0.39, 0.29) is 29.6 Å². The highest BCUT2D eigenvalue weighted by Crippen LogP contribution is 2.31. The van der Waals surface area contributed by atoms with Crippen LogP contribution in [0.25, 0.3) is 0 Å². The van der Waals surface area contributed by atoms with Crippen LogP contribution in [0.2, 0.25) is 0 Å². The summed E-state index contributed by atoms with van der Waals surface area (Å²) in [4.78, 5) is 21.7. The van der Waals surface area contributed by atoms with Crippen molar-refractivity contribution in [2.75, 3.05) is 31.1 Å². The van der Waals surface area contributed by atoms with Crippen molar-refractivity contribution in [1.29, 1.82) is 0 Å². The number of aryl methyl sites for hydroxylation is 1.